The number of piperazine rings is 1. The molecule has 2 rings (SSSR count). The molecule has 0 aromatic carbocycles. The molecule has 0 aromatic rings. The van der Waals surface area contributed by atoms with Crippen LogP contribution in [0, 0.1) is 0 Å². The maximum absolute atomic E-state index is 9.41. The fourth-order valence-electron chi connectivity index (χ4n) is 2.40. The maximum Gasteiger partial charge on any atom is 0.0679 e. The molecule has 0 spiro atoms. The second-order valence-electron chi connectivity index (χ2n) is 4.62. The topological polar surface area (TPSA) is 38.7 Å². The highest BCUT2D eigenvalue weighted by Crippen LogP contribution is 2.09. The molecule has 0 aliphatic carbocycles. The summed E-state index contributed by atoms with van der Waals surface area (Å²) >= 11 is 0. The van der Waals surface area contributed by atoms with E-state index in [0.717, 1.165) is 45.7 Å². The number of likely N-dealkylation sites (tertiary alicyclic amines) is 1. The van der Waals surface area contributed by atoms with Crippen LogP contribution in [0.1, 0.15) is 6.42 Å². The summed E-state index contributed by atoms with van der Waals surface area (Å²) in [5, 5.41) is 12.9. The van der Waals surface area contributed by atoms with Gasteiger partial charge in [0, 0.05) is 45.3 Å². The van der Waals surface area contributed by atoms with Crippen LogP contribution in [0.4, 0.5) is 0 Å². The number of β-amino-alcohol motifs (C(OH)–C–C–N with tert-alkyl or cyclic N) is 1. The van der Waals surface area contributed by atoms with Crippen molar-refractivity contribution < 1.29 is 5.11 Å². The highest BCUT2D eigenvalue weighted by Gasteiger charge is 2.24. The van der Waals surface area contributed by atoms with Gasteiger partial charge < -0.3 is 15.3 Å². The molecule has 82 valence electrons. The number of nitrogens with zero attached hydrogens (tertiary/aromatic N) is 2. The van der Waals surface area contributed by atoms with Gasteiger partial charge in [-0.15, -0.1) is 0 Å². The first-order chi connectivity index (χ1) is 6.74. The zero-order chi connectivity index (χ0) is 9.97. The van der Waals surface area contributed by atoms with E-state index in [0.29, 0.717) is 6.04 Å². The van der Waals surface area contributed by atoms with Gasteiger partial charge in [0.05, 0.1) is 6.10 Å². The smallest absolute Gasteiger partial charge is 0.0679 e. The minimum Gasteiger partial charge on any atom is -0.392 e. The van der Waals surface area contributed by atoms with Crippen molar-refractivity contribution in [1.29, 1.82) is 0 Å². The van der Waals surface area contributed by atoms with Gasteiger partial charge in [-0.2, -0.15) is 0 Å². The number of aliphatic hydroxyl groups is 1. The Hall–Kier alpha value is -0.160. The van der Waals surface area contributed by atoms with E-state index in [1.807, 2.05) is 0 Å². The quantitative estimate of drug-likeness (QED) is 0.596. The van der Waals surface area contributed by atoms with Gasteiger partial charge in [0.2, 0.25) is 0 Å². The monoisotopic (exact) mass is 199 g/mol. The van der Waals surface area contributed by atoms with Crippen LogP contribution in [0.15, 0.2) is 0 Å². The lowest BCUT2D eigenvalue weighted by atomic mass is 10.2. The molecule has 0 aromatic heterocycles. The average Bonchev–Trinajstić information content (AvgIpc) is 2.51. The van der Waals surface area contributed by atoms with Crippen molar-refractivity contribution in [3.05, 3.63) is 0 Å². The third-order valence-corrected chi connectivity index (χ3v) is 3.18. The molecular formula is C10H21N3O. The molecule has 2 aliphatic rings. The minimum atomic E-state index is -0.0867. The van der Waals surface area contributed by atoms with E-state index in [1.165, 1.54) is 0 Å². The van der Waals surface area contributed by atoms with Gasteiger partial charge in [-0.3, -0.25) is 4.90 Å². The van der Waals surface area contributed by atoms with Crippen molar-refractivity contribution >= 4 is 0 Å². The Morgan fingerprint density at radius 2 is 2.21 bits per heavy atom. The summed E-state index contributed by atoms with van der Waals surface area (Å²) in [5.41, 5.74) is 0. The predicted octanol–water partition coefficient (Wildman–Crippen LogP) is -1.04. The van der Waals surface area contributed by atoms with Crippen molar-refractivity contribution in [3.63, 3.8) is 0 Å². The van der Waals surface area contributed by atoms with Crippen LogP contribution in [0.5, 0.6) is 0 Å². The molecule has 2 fully saturated rings. The normalized spacial score (nSPS) is 36.4. The fourth-order valence-corrected chi connectivity index (χ4v) is 2.40. The fraction of sp³-hybridized carbons (Fsp3) is 1.00. The molecule has 2 saturated heterocycles. The van der Waals surface area contributed by atoms with Crippen molar-refractivity contribution in [2.45, 2.75) is 18.6 Å². The zero-order valence-corrected chi connectivity index (χ0v) is 8.95. The Bertz CT molecular complexity index is 188. The molecule has 2 atom stereocenters. The maximum atomic E-state index is 9.41. The van der Waals surface area contributed by atoms with Gasteiger partial charge in [-0.25, -0.2) is 0 Å². The molecular weight excluding hydrogens is 178 g/mol. The number of rotatable bonds is 2. The van der Waals surface area contributed by atoms with E-state index >= 15 is 0 Å². The van der Waals surface area contributed by atoms with Gasteiger partial charge in [0.15, 0.2) is 0 Å². The third-order valence-electron chi connectivity index (χ3n) is 3.18. The first-order valence-corrected chi connectivity index (χ1v) is 5.56. The summed E-state index contributed by atoms with van der Waals surface area (Å²) in [6.45, 7) is 6.38. The standard InChI is InChI=1S/C10H21N3O/c1-12-5-3-11-9(6-12)7-13-4-2-10(14)8-13/h9-11,14H,2-8H2,1H3. The number of nitrogens with one attached hydrogen (secondary N) is 1. The highest BCUT2D eigenvalue weighted by molar-refractivity contribution is 4.83. The highest BCUT2D eigenvalue weighted by atomic mass is 16.3. The first kappa shape index (κ1) is 10.4. The molecule has 4 nitrogen and oxygen atoms in total. The van der Waals surface area contributed by atoms with Gasteiger partial charge >= 0.3 is 0 Å². The number of aliphatic hydroxyl groups excluding tert-OH is 1. The predicted molar refractivity (Wildman–Crippen MR) is 56.4 cm³/mol. The molecule has 2 unspecified atom stereocenters. The van der Waals surface area contributed by atoms with Crippen LogP contribution in [0.2, 0.25) is 0 Å². The van der Waals surface area contributed by atoms with E-state index in [2.05, 4.69) is 22.2 Å². The Labute approximate surface area is 85.9 Å². The number of hydrogen-bond donors (Lipinski definition) is 2. The van der Waals surface area contributed by atoms with Gasteiger partial charge in [-0.05, 0) is 13.5 Å². The lowest BCUT2D eigenvalue weighted by Crippen LogP contribution is -2.53. The largest absolute Gasteiger partial charge is 0.392 e. The van der Waals surface area contributed by atoms with Crippen LogP contribution in [-0.4, -0.2) is 73.4 Å². The third kappa shape index (κ3) is 2.67. The lowest BCUT2D eigenvalue weighted by molar-refractivity contribution is 0.159. The van der Waals surface area contributed by atoms with E-state index < -0.39 is 0 Å². The van der Waals surface area contributed by atoms with Crippen LogP contribution in [-0.2, 0) is 0 Å². The summed E-state index contributed by atoms with van der Waals surface area (Å²) < 4.78 is 0. The van der Waals surface area contributed by atoms with Crippen molar-refractivity contribution in [1.82, 2.24) is 15.1 Å². The summed E-state index contributed by atoms with van der Waals surface area (Å²) in [5.74, 6) is 0. The Kier molecular flexibility index (Phi) is 3.38. The van der Waals surface area contributed by atoms with E-state index in [4.69, 9.17) is 0 Å². The molecule has 0 saturated carbocycles. The minimum absolute atomic E-state index is 0.0867. The molecule has 2 N–H and O–H groups in total. The summed E-state index contributed by atoms with van der Waals surface area (Å²) in [7, 11) is 2.17. The van der Waals surface area contributed by atoms with Crippen molar-refractivity contribution in [3.8, 4) is 0 Å². The molecule has 0 amide bonds. The van der Waals surface area contributed by atoms with Crippen LogP contribution in [0.25, 0.3) is 0 Å². The van der Waals surface area contributed by atoms with E-state index in [1.54, 1.807) is 0 Å². The zero-order valence-electron chi connectivity index (χ0n) is 8.95. The van der Waals surface area contributed by atoms with Crippen LogP contribution < -0.4 is 5.32 Å². The second kappa shape index (κ2) is 4.57. The number of likely N-dealkylation sites (N-methyl/N-ethyl adjacent to an activating group) is 1. The van der Waals surface area contributed by atoms with Gasteiger partial charge in [0.1, 0.15) is 0 Å². The Morgan fingerprint density at radius 1 is 1.36 bits per heavy atom. The molecule has 4 heteroatoms. The van der Waals surface area contributed by atoms with Crippen molar-refractivity contribution in [2.75, 3.05) is 46.3 Å². The molecule has 0 bridgehead atoms. The second-order valence-corrected chi connectivity index (χ2v) is 4.62. The van der Waals surface area contributed by atoms with Crippen LogP contribution in [0.3, 0.4) is 0 Å². The molecule has 2 aliphatic heterocycles. The van der Waals surface area contributed by atoms with Crippen molar-refractivity contribution in [2.24, 2.45) is 0 Å². The number of hydrogen-bond acceptors (Lipinski definition) is 4. The first-order valence-electron chi connectivity index (χ1n) is 5.56. The van der Waals surface area contributed by atoms with E-state index in [9.17, 15) is 5.11 Å². The SMILES string of the molecule is CN1CCNC(CN2CCC(O)C2)C1. The Morgan fingerprint density at radius 3 is 2.86 bits per heavy atom. The molecule has 2 heterocycles. The molecule has 14 heavy (non-hydrogen) atoms. The average molecular weight is 199 g/mol. The van der Waals surface area contributed by atoms with Crippen LogP contribution >= 0.6 is 0 Å². The lowest BCUT2D eigenvalue weighted by Gasteiger charge is -2.33. The summed E-state index contributed by atoms with van der Waals surface area (Å²) in [6.07, 6.45) is 0.860. The Balaban J connectivity index is 1.74. The van der Waals surface area contributed by atoms with Gasteiger partial charge in [0.25, 0.3) is 0 Å². The summed E-state index contributed by atoms with van der Waals surface area (Å²) in [6, 6.07) is 0.582. The summed E-state index contributed by atoms with van der Waals surface area (Å²) in [4.78, 5) is 4.73. The van der Waals surface area contributed by atoms with E-state index in [-0.39, 0.29) is 6.10 Å². The van der Waals surface area contributed by atoms with Gasteiger partial charge in [-0.1, -0.05) is 0 Å². The molecule has 0 radical (unpaired) electrons.